The van der Waals surface area contributed by atoms with Crippen molar-refractivity contribution in [3.63, 3.8) is 0 Å². The lowest BCUT2D eigenvalue weighted by molar-refractivity contribution is -0.139. The first-order chi connectivity index (χ1) is 15.8. The molecule has 3 N–H and O–H groups in total. The van der Waals surface area contributed by atoms with E-state index in [1.54, 1.807) is 62.4 Å². The molecule has 0 aliphatic carbocycles. The fourth-order valence-corrected chi connectivity index (χ4v) is 3.55. The van der Waals surface area contributed by atoms with E-state index in [2.05, 4.69) is 5.32 Å². The van der Waals surface area contributed by atoms with Gasteiger partial charge in [0.25, 0.3) is 5.91 Å². The number of amides is 1. The minimum absolute atomic E-state index is 0.0638. The Morgan fingerprint density at radius 1 is 1.24 bits per heavy atom. The number of anilines is 1. The van der Waals surface area contributed by atoms with Crippen molar-refractivity contribution in [2.24, 2.45) is 5.73 Å². The van der Waals surface area contributed by atoms with Gasteiger partial charge in [-0.3, -0.25) is 4.79 Å². The first kappa shape index (κ1) is 23.7. The van der Waals surface area contributed by atoms with Crippen LogP contribution in [-0.4, -0.2) is 25.1 Å². The topological polar surface area (TPSA) is 124 Å². The van der Waals surface area contributed by atoms with E-state index in [1.165, 1.54) is 0 Å². The Morgan fingerprint density at radius 3 is 2.61 bits per heavy atom. The highest BCUT2D eigenvalue weighted by molar-refractivity contribution is 6.30. The highest BCUT2D eigenvalue weighted by atomic mass is 35.5. The monoisotopic (exact) mass is 467 g/mol. The van der Waals surface area contributed by atoms with Gasteiger partial charge in [-0.15, -0.1) is 0 Å². The highest BCUT2D eigenvalue weighted by Crippen LogP contribution is 2.39. The van der Waals surface area contributed by atoms with Crippen molar-refractivity contribution in [1.29, 1.82) is 5.26 Å². The molecule has 0 saturated carbocycles. The number of hydrogen-bond acceptors (Lipinski definition) is 7. The zero-order valence-electron chi connectivity index (χ0n) is 18.1. The second kappa shape index (κ2) is 10.6. The van der Waals surface area contributed by atoms with Gasteiger partial charge in [0.2, 0.25) is 5.88 Å². The van der Waals surface area contributed by atoms with E-state index >= 15 is 0 Å². The number of hydrogen-bond donors (Lipinski definition) is 2. The van der Waals surface area contributed by atoms with Crippen molar-refractivity contribution in [1.82, 2.24) is 0 Å². The maximum absolute atomic E-state index is 12.6. The summed E-state index contributed by atoms with van der Waals surface area (Å²) in [5.74, 6) is -1.04. The fourth-order valence-electron chi connectivity index (χ4n) is 3.36. The van der Waals surface area contributed by atoms with Crippen LogP contribution in [0, 0.1) is 11.3 Å². The number of esters is 1. The van der Waals surface area contributed by atoms with Crippen molar-refractivity contribution in [2.75, 3.05) is 18.5 Å². The Labute approximate surface area is 196 Å². The molecule has 1 amide bonds. The number of halogens is 1. The number of nitrogens with zero attached hydrogens (tertiary/aromatic N) is 1. The van der Waals surface area contributed by atoms with Gasteiger partial charge < -0.3 is 25.3 Å². The molecule has 0 fully saturated rings. The number of rotatable bonds is 7. The van der Waals surface area contributed by atoms with Crippen molar-refractivity contribution in [3.8, 4) is 11.8 Å². The summed E-state index contributed by atoms with van der Waals surface area (Å²) in [7, 11) is 0. The lowest BCUT2D eigenvalue weighted by Crippen LogP contribution is -2.25. The minimum Gasteiger partial charge on any atom is -0.484 e. The zero-order valence-corrected chi connectivity index (χ0v) is 18.8. The molecule has 9 heteroatoms. The molecule has 8 nitrogen and oxygen atoms in total. The largest absolute Gasteiger partial charge is 0.484 e. The molecule has 3 rings (SSSR count). The van der Waals surface area contributed by atoms with Crippen molar-refractivity contribution < 1.29 is 23.8 Å². The molecule has 2 aromatic rings. The summed E-state index contributed by atoms with van der Waals surface area (Å²) in [5, 5.41) is 12.8. The molecule has 170 valence electrons. The van der Waals surface area contributed by atoms with Crippen LogP contribution in [0.15, 0.2) is 71.3 Å². The summed E-state index contributed by atoms with van der Waals surface area (Å²) in [6.07, 6.45) is 0. The van der Waals surface area contributed by atoms with Crippen LogP contribution in [0.3, 0.4) is 0 Å². The van der Waals surface area contributed by atoms with Crippen LogP contribution in [0.1, 0.15) is 25.3 Å². The van der Waals surface area contributed by atoms with Gasteiger partial charge in [0.1, 0.15) is 23.2 Å². The van der Waals surface area contributed by atoms with Gasteiger partial charge >= 0.3 is 5.97 Å². The molecule has 1 unspecified atom stereocenters. The summed E-state index contributed by atoms with van der Waals surface area (Å²) in [6, 6.07) is 15.5. The van der Waals surface area contributed by atoms with Crippen LogP contribution >= 0.6 is 11.6 Å². The Morgan fingerprint density at radius 2 is 1.97 bits per heavy atom. The molecule has 0 spiro atoms. The lowest BCUT2D eigenvalue weighted by atomic mass is 9.83. The highest BCUT2D eigenvalue weighted by Gasteiger charge is 2.36. The van der Waals surface area contributed by atoms with Gasteiger partial charge in [0.15, 0.2) is 6.61 Å². The van der Waals surface area contributed by atoms with Gasteiger partial charge in [-0.25, -0.2) is 4.79 Å². The first-order valence-corrected chi connectivity index (χ1v) is 10.5. The number of allylic oxidation sites excluding steroid dienone is 2. The van der Waals surface area contributed by atoms with E-state index in [-0.39, 0.29) is 41.9 Å². The molecule has 1 heterocycles. The third-order valence-electron chi connectivity index (χ3n) is 4.79. The molecule has 0 saturated heterocycles. The summed E-state index contributed by atoms with van der Waals surface area (Å²) in [6.45, 7) is 3.24. The average Bonchev–Trinajstić information content (AvgIpc) is 2.78. The predicted octanol–water partition coefficient (Wildman–Crippen LogP) is 4.00. The number of nitrogens with one attached hydrogen (secondary N) is 1. The van der Waals surface area contributed by atoms with Gasteiger partial charge in [0, 0.05) is 10.7 Å². The van der Waals surface area contributed by atoms with Gasteiger partial charge in [-0.2, -0.15) is 5.26 Å². The van der Waals surface area contributed by atoms with E-state index in [1.807, 2.05) is 6.07 Å². The molecule has 0 aromatic heterocycles. The fraction of sp³-hybridized carbons (Fsp3) is 0.208. The van der Waals surface area contributed by atoms with E-state index in [4.69, 9.17) is 31.5 Å². The predicted molar refractivity (Wildman–Crippen MR) is 122 cm³/mol. The quantitative estimate of drug-likeness (QED) is 0.589. The molecule has 0 bridgehead atoms. The molecule has 2 aromatic carbocycles. The summed E-state index contributed by atoms with van der Waals surface area (Å²) < 4.78 is 16.1. The third kappa shape index (κ3) is 5.64. The smallest absolute Gasteiger partial charge is 0.338 e. The van der Waals surface area contributed by atoms with Gasteiger partial charge in [0.05, 0.1) is 18.1 Å². The normalized spacial score (nSPS) is 15.4. The molecule has 1 atom stereocenters. The van der Waals surface area contributed by atoms with E-state index in [0.29, 0.717) is 22.0 Å². The molecule has 1 aliphatic heterocycles. The van der Waals surface area contributed by atoms with Crippen molar-refractivity contribution in [2.45, 2.75) is 19.8 Å². The summed E-state index contributed by atoms with van der Waals surface area (Å²) in [4.78, 5) is 24.7. The van der Waals surface area contributed by atoms with E-state index in [0.717, 1.165) is 0 Å². The first-order valence-electron chi connectivity index (χ1n) is 10.1. The van der Waals surface area contributed by atoms with Crippen LogP contribution in [0.4, 0.5) is 5.69 Å². The van der Waals surface area contributed by atoms with Crippen molar-refractivity contribution >= 4 is 29.2 Å². The number of carbonyl (C=O) groups is 2. The average molecular weight is 468 g/mol. The van der Waals surface area contributed by atoms with Gasteiger partial charge in [-0.1, -0.05) is 29.8 Å². The van der Waals surface area contributed by atoms with Crippen LogP contribution in [0.5, 0.6) is 5.75 Å². The van der Waals surface area contributed by atoms with Crippen LogP contribution in [0.25, 0.3) is 0 Å². The Hall–Kier alpha value is -3.96. The second-order valence-corrected chi connectivity index (χ2v) is 7.47. The number of benzene rings is 2. The molecular formula is C24H22ClN3O5. The van der Waals surface area contributed by atoms with E-state index in [9.17, 15) is 14.9 Å². The lowest BCUT2D eigenvalue weighted by Gasteiger charge is -2.26. The number of ether oxygens (including phenoxy) is 3. The summed E-state index contributed by atoms with van der Waals surface area (Å²) in [5.41, 5.74) is 7.40. The Bertz CT molecular complexity index is 1170. The number of nitrogens with two attached hydrogens (primary N) is 1. The maximum atomic E-state index is 12.6. The maximum Gasteiger partial charge on any atom is 0.338 e. The molecule has 33 heavy (non-hydrogen) atoms. The molecule has 1 aliphatic rings. The standard InChI is InChI=1S/C24H22ClN3O5/c1-3-31-24(30)21-14(2)33-23(27)19(12-26)22(21)15-7-9-18(10-8-15)32-13-20(29)28-17-6-4-5-16(25)11-17/h4-11,22H,3,13,27H2,1-2H3,(H,28,29). The molecular weight excluding hydrogens is 446 g/mol. The van der Waals surface area contributed by atoms with E-state index < -0.39 is 11.9 Å². The molecule has 0 radical (unpaired) electrons. The number of carbonyl (C=O) groups excluding carboxylic acids is 2. The third-order valence-corrected chi connectivity index (χ3v) is 5.03. The van der Waals surface area contributed by atoms with Crippen LogP contribution < -0.4 is 15.8 Å². The SMILES string of the molecule is CCOC(=O)C1=C(C)OC(N)=C(C#N)C1c1ccc(OCC(=O)Nc2cccc(Cl)c2)cc1. The second-order valence-electron chi connectivity index (χ2n) is 7.03. The zero-order chi connectivity index (χ0) is 24.0. The minimum atomic E-state index is -0.747. The van der Waals surface area contributed by atoms with Crippen LogP contribution in [-0.2, 0) is 19.1 Å². The van der Waals surface area contributed by atoms with Gasteiger partial charge in [-0.05, 0) is 49.7 Å². The van der Waals surface area contributed by atoms with Crippen molar-refractivity contribution in [3.05, 3.63) is 81.9 Å². The number of nitriles is 1. The van der Waals surface area contributed by atoms with Crippen LogP contribution in [0.2, 0.25) is 5.02 Å². The summed E-state index contributed by atoms with van der Waals surface area (Å²) >= 11 is 5.91. The Kier molecular flexibility index (Phi) is 7.59. The Balaban J connectivity index is 1.75.